The molecule has 2 N–H and O–H groups in total. The van der Waals surface area contributed by atoms with Crippen LogP contribution in [0.3, 0.4) is 0 Å². The van der Waals surface area contributed by atoms with Gasteiger partial charge in [-0.2, -0.15) is 0 Å². The highest BCUT2D eigenvalue weighted by Gasteiger charge is 2.20. The monoisotopic (exact) mass is 393 g/mol. The molecule has 0 fully saturated rings. The Morgan fingerprint density at radius 2 is 1.34 bits per heavy atom. The third-order valence-corrected chi connectivity index (χ3v) is 6.91. The van der Waals surface area contributed by atoms with Crippen molar-refractivity contribution in [1.82, 2.24) is 4.57 Å². The van der Waals surface area contributed by atoms with Gasteiger partial charge in [0.15, 0.2) is 0 Å². The molecule has 0 radical (unpaired) electrons. The van der Waals surface area contributed by atoms with Crippen molar-refractivity contribution >= 4 is 65.9 Å². The zero-order valence-corrected chi connectivity index (χ0v) is 16.2. The lowest BCUT2D eigenvalue weighted by Gasteiger charge is -2.07. The Morgan fingerprint density at radius 3 is 2.17 bits per heavy atom. The highest BCUT2D eigenvalue weighted by Crippen LogP contribution is 2.42. The molecule has 0 unspecified atom stereocenters. The van der Waals surface area contributed by atoms with Crippen molar-refractivity contribution in [3.63, 3.8) is 0 Å². The Balaban J connectivity index is 1.84. The normalized spacial score (nSPS) is 11.8. The Bertz CT molecular complexity index is 1530. The van der Waals surface area contributed by atoms with E-state index in [9.17, 15) is 10.0 Å². The maximum atomic E-state index is 9.84. The van der Waals surface area contributed by atoms with Crippen molar-refractivity contribution in [2.75, 3.05) is 0 Å². The Kier molecular flexibility index (Phi) is 3.59. The Morgan fingerprint density at radius 1 is 0.621 bits per heavy atom. The van der Waals surface area contributed by atoms with Gasteiger partial charge in [-0.1, -0.05) is 60.7 Å². The summed E-state index contributed by atoms with van der Waals surface area (Å²) in [5.74, 6) is 0. The summed E-state index contributed by atoms with van der Waals surface area (Å²) in [7, 11) is -1.48. The molecule has 0 saturated heterocycles. The highest BCUT2D eigenvalue weighted by atomic mass is 32.1. The van der Waals surface area contributed by atoms with Gasteiger partial charge in [0, 0.05) is 31.2 Å². The van der Waals surface area contributed by atoms with Crippen molar-refractivity contribution < 1.29 is 10.0 Å². The molecule has 2 aromatic heterocycles. The number of rotatable bonds is 2. The van der Waals surface area contributed by atoms with Crippen molar-refractivity contribution in [3.05, 3.63) is 84.9 Å². The molecule has 3 nitrogen and oxygen atoms in total. The van der Waals surface area contributed by atoms with Crippen molar-refractivity contribution in [2.45, 2.75) is 0 Å². The first-order valence-electron chi connectivity index (χ1n) is 9.53. The molecule has 4 aromatic carbocycles. The molecule has 0 bridgehead atoms. The van der Waals surface area contributed by atoms with Crippen LogP contribution in [-0.2, 0) is 0 Å². The summed E-state index contributed by atoms with van der Waals surface area (Å²) < 4.78 is 4.41. The number of hydrogen-bond acceptors (Lipinski definition) is 3. The minimum absolute atomic E-state index is 0.559. The Labute approximate surface area is 171 Å². The summed E-state index contributed by atoms with van der Waals surface area (Å²) in [6.45, 7) is 0. The molecule has 0 aliphatic heterocycles. The molecule has 0 aliphatic rings. The van der Waals surface area contributed by atoms with Crippen molar-refractivity contribution in [3.8, 4) is 5.69 Å². The zero-order valence-electron chi connectivity index (χ0n) is 15.4. The number of thiophene rings is 1. The maximum Gasteiger partial charge on any atom is 0.489 e. The fourth-order valence-electron chi connectivity index (χ4n) is 4.39. The van der Waals surface area contributed by atoms with Gasteiger partial charge in [0.25, 0.3) is 0 Å². The molecular formula is C24H16BNO2S. The number of benzene rings is 4. The molecule has 0 aliphatic carbocycles. The first-order chi connectivity index (χ1) is 14.2. The average Bonchev–Trinajstić information content (AvgIpc) is 3.29. The van der Waals surface area contributed by atoms with Gasteiger partial charge in [-0.3, -0.25) is 0 Å². The van der Waals surface area contributed by atoms with E-state index < -0.39 is 7.12 Å². The molecule has 6 rings (SSSR count). The quantitative estimate of drug-likeness (QED) is 0.414. The molecule has 29 heavy (non-hydrogen) atoms. The average molecular weight is 393 g/mol. The van der Waals surface area contributed by atoms with Gasteiger partial charge in [0.05, 0.1) is 11.0 Å². The zero-order chi connectivity index (χ0) is 19.5. The molecule has 5 heteroatoms. The van der Waals surface area contributed by atoms with Gasteiger partial charge in [-0.25, -0.2) is 0 Å². The molecule has 0 spiro atoms. The fraction of sp³-hybridized carbons (Fsp3) is 0. The molecule has 0 saturated carbocycles. The van der Waals surface area contributed by atoms with Crippen LogP contribution in [0.4, 0.5) is 0 Å². The van der Waals surface area contributed by atoms with E-state index in [2.05, 4.69) is 71.3 Å². The number of para-hydroxylation sites is 2. The van der Waals surface area contributed by atoms with E-state index in [1.807, 2.05) is 12.1 Å². The Hall–Kier alpha value is -3.12. The lowest BCUT2D eigenvalue weighted by atomic mass is 9.80. The van der Waals surface area contributed by atoms with Crippen LogP contribution in [0.15, 0.2) is 84.9 Å². The minimum Gasteiger partial charge on any atom is -0.423 e. The molecular weight excluding hydrogens is 377 g/mol. The summed E-state index contributed by atoms with van der Waals surface area (Å²) in [5.41, 5.74) is 4.01. The number of hydrogen-bond donors (Lipinski definition) is 2. The largest absolute Gasteiger partial charge is 0.489 e. The van der Waals surface area contributed by atoms with Gasteiger partial charge < -0.3 is 14.6 Å². The van der Waals surface area contributed by atoms with Gasteiger partial charge in [0.2, 0.25) is 0 Å². The van der Waals surface area contributed by atoms with Crippen molar-refractivity contribution in [2.24, 2.45) is 0 Å². The first kappa shape index (κ1) is 16.8. The number of fused-ring (bicyclic) bond motifs is 7. The molecule has 2 heterocycles. The van der Waals surface area contributed by atoms with Crippen LogP contribution >= 0.6 is 11.3 Å². The van der Waals surface area contributed by atoms with Gasteiger partial charge >= 0.3 is 7.12 Å². The van der Waals surface area contributed by atoms with E-state index in [0.717, 1.165) is 26.7 Å². The van der Waals surface area contributed by atoms with Crippen molar-refractivity contribution in [1.29, 1.82) is 0 Å². The van der Waals surface area contributed by atoms with Crippen LogP contribution in [-0.4, -0.2) is 21.7 Å². The molecule has 6 aromatic rings. The lowest BCUT2D eigenvalue weighted by molar-refractivity contribution is 0.426. The molecule has 138 valence electrons. The second-order valence-corrected chi connectivity index (χ2v) is 8.24. The van der Waals surface area contributed by atoms with E-state index >= 15 is 0 Å². The summed E-state index contributed by atoms with van der Waals surface area (Å²) in [6, 6.07) is 28.9. The van der Waals surface area contributed by atoms with Crippen LogP contribution in [0.5, 0.6) is 0 Å². The second kappa shape index (κ2) is 6.19. The van der Waals surface area contributed by atoms with Crippen LogP contribution in [0.2, 0.25) is 0 Å². The van der Waals surface area contributed by atoms with Crippen LogP contribution in [0, 0.1) is 0 Å². The number of nitrogens with zero attached hydrogens (tertiary/aromatic N) is 1. The summed E-state index contributed by atoms with van der Waals surface area (Å²) in [4.78, 5) is 0. The molecule has 0 amide bonds. The van der Waals surface area contributed by atoms with E-state index in [1.54, 1.807) is 17.4 Å². The SMILES string of the molecule is OB(O)c1cccc2c1sc1c2ccc2c1c1ccccc1n2-c1ccccc1. The summed E-state index contributed by atoms with van der Waals surface area (Å²) >= 11 is 1.64. The second-order valence-electron chi connectivity index (χ2n) is 7.22. The third kappa shape index (κ3) is 2.32. The van der Waals surface area contributed by atoms with Gasteiger partial charge in [-0.05, 0) is 35.1 Å². The predicted octanol–water partition coefficient (Wildman–Crippen LogP) is 4.83. The first-order valence-corrected chi connectivity index (χ1v) is 10.3. The third-order valence-electron chi connectivity index (χ3n) is 5.62. The van der Waals surface area contributed by atoms with Gasteiger partial charge in [-0.15, -0.1) is 11.3 Å². The van der Waals surface area contributed by atoms with Crippen LogP contribution in [0.1, 0.15) is 0 Å². The summed E-state index contributed by atoms with van der Waals surface area (Å²) in [6.07, 6.45) is 0. The topological polar surface area (TPSA) is 45.4 Å². The standard InChI is InChI=1S/C24H16BNO2S/c27-25(28)19-11-6-10-16-17-13-14-21-22(24(17)29-23(16)19)18-9-4-5-12-20(18)26(21)15-7-2-1-3-8-15/h1-14,27-28H. The van der Waals surface area contributed by atoms with Gasteiger partial charge in [0.1, 0.15) is 0 Å². The summed E-state index contributed by atoms with van der Waals surface area (Å²) in [5, 5.41) is 24.3. The van der Waals surface area contributed by atoms with E-state index in [1.165, 1.54) is 21.0 Å². The smallest absolute Gasteiger partial charge is 0.423 e. The van der Waals surface area contributed by atoms with Crippen LogP contribution in [0.25, 0.3) is 47.7 Å². The van der Waals surface area contributed by atoms with E-state index in [-0.39, 0.29) is 0 Å². The number of aromatic nitrogens is 1. The fourth-order valence-corrected chi connectivity index (χ4v) is 5.78. The maximum absolute atomic E-state index is 9.84. The molecule has 0 atom stereocenters. The predicted molar refractivity (Wildman–Crippen MR) is 123 cm³/mol. The van der Waals surface area contributed by atoms with E-state index in [4.69, 9.17) is 0 Å². The van der Waals surface area contributed by atoms with Crippen LogP contribution < -0.4 is 5.46 Å². The highest BCUT2D eigenvalue weighted by molar-refractivity contribution is 7.28. The minimum atomic E-state index is -1.48. The lowest BCUT2D eigenvalue weighted by Crippen LogP contribution is -2.29. The van der Waals surface area contributed by atoms with E-state index in [0.29, 0.717) is 5.46 Å².